The van der Waals surface area contributed by atoms with Crippen molar-refractivity contribution in [1.82, 2.24) is 14.9 Å². The smallest absolute Gasteiger partial charge is 0.410 e. The Hall–Kier alpha value is -3.13. The molecule has 0 fully saturated rings. The van der Waals surface area contributed by atoms with Crippen LogP contribution in [0.4, 0.5) is 4.79 Å². The number of furan rings is 1. The summed E-state index contributed by atoms with van der Waals surface area (Å²) in [5, 5.41) is 1.43. The highest BCUT2D eigenvalue weighted by Gasteiger charge is 2.16. The fraction of sp³-hybridized carbons (Fsp3) is 0.250. The molecule has 0 saturated carbocycles. The molecule has 4 rings (SSSR count). The number of hydrogen-bond donors (Lipinski definition) is 0. The van der Waals surface area contributed by atoms with Gasteiger partial charge in [-0.05, 0) is 50.2 Å². The van der Waals surface area contributed by atoms with Crippen molar-refractivity contribution < 1.29 is 18.7 Å². The quantitative estimate of drug-likeness (QED) is 0.444. The molecule has 0 aliphatic heterocycles. The molecule has 7 nitrogen and oxygen atoms in total. The van der Waals surface area contributed by atoms with Crippen LogP contribution >= 0.6 is 11.3 Å². The number of rotatable bonds is 6. The Labute approximate surface area is 165 Å². The number of hydrogen-bond acceptors (Lipinski definition) is 7. The van der Waals surface area contributed by atoms with E-state index in [2.05, 4.69) is 9.97 Å². The highest BCUT2D eigenvalue weighted by atomic mass is 32.1. The first-order valence-electron chi connectivity index (χ1n) is 9.00. The summed E-state index contributed by atoms with van der Waals surface area (Å²) in [5.41, 5.74) is 1.40. The Morgan fingerprint density at radius 3 is 2.93 bits per heavy atom. The van der Waals surface area contributed by atoms with Crippen LogP contribution in [0.1, 0.15) is 19.6 Å². The standard InChI is InChI=1S/C20H19N3O4S/c1-3-23(20(24)25-4-2)12-15-11-13-10-14(7-8-16(13)26-15)27-19-22-18-17(28-19)6-5-9-21-18/h5-11H,3-4,12H2,1-2H3. The Bertz CT molecular complexity index is 1090. The number of carbonyl (C=O) groups is 1. The summed E-state index contributed by atoms with van der Waals surface area (Å²) in [6.07, 6.45) is 1.36. The first-order valence-corrected chi connectivity index (χ1v) is 9.81. The van der Waals surface area contributed by atoms with Crippen LogP contribution in [-0.2, 0) is 11.3 Å². The van der Waals surface area contributed by atoms with Gasteiger partial charge in [0.1, 0.15) is 17.1 Å². The summed E-state index contributed by atoms with van der Waals surface area (Å²) >= 11 is 1.44. The Morgan fingerprint density at radius 1 is 1.25 bits per heavy atom. The molecule has 0 aliphatic carbocycles. The van der Waals surface area contributed by atoms with Crippen LogP contribution in [0, 0.1) is 0 Å². The largest absolute Gasteiger partial charge is 0.459 e. The van der Waals surface area contributed by atoms with Crippen molar-refractivity contribution in [2.75, 3.05) is 13.2 Å². The lowest BCUT2D eigenvalue weighted by Crippen LogP contribution is -2.30. The molecule has 4 aromatic rings. The van der Waals surface area contributed by atoms with Crippen LogP contribution < -0.4 is 4.74 Å². The molecular weight excluding hydrogens is 378 g/mol. The molecule has 0 saturated heterocycles. The number of carbonyl (C=O) groups excluding carboxylic acids is 1. The van der Waals surface area contributed by atoms with Gasteiger partial charge in [0.05, 0.1) is 17.9 Å². The fourth-order valence-electron chi connectivity index (χ4n) is 2.82. The van der Waals surface area contributed by atoms with E-state index < -0.39 is 0 Å². The molecule has 0 unspecified atom stereocenters. The van der Waals surface area contributed by atoms with E-state index in [-0.39, 0.29) is 6.09 Å². The van der Waals surface area contributed by atoms with Crippen molar-refractivity contribution in [3.05, 3.63) is 48.4 Å². The van der Waals surface area contributed by atoms with Crippen LogP contribution in [-0.4, -0.2) is 34.1 Å². The lowest BCUT2D eigenvalue weighted by atomic mass is 10.2. The molecule has 0 spiro atoms. The second kappa shape index (κ2) is 7.85. The van der Waals surface area contributed by atoms with Gasteiger partial charge in [-0.15, -0.1) is 0 Å². The summed E-state index contributed by atoms with van der Waals surface area (Å²) in [6.45, 7) is 4.92. The van der Waals surface area contributed by atoms with Crippen LogP contribution in [0.2, 0.25) is 0 Å². The maximum absolute atomic E-state index is 12.0. The van der Waals surface area contributed by atoms with Gasteiger partial charge in [-0.25, -0.2) is 9.78 Å². The van der Waals surface area contributed by atoms with Gasteiger partial charge in [0.15, 0.2) is 5.65 Å². The maximum Gasteiger partial charge on any atom is 0.410 e. The Morgan fingerprint density at radius 2 is 2.14 bits per heavy atom. The third-order valence-electron chi connectivity index (χ3n) is 4.14. The van der Waals surface area contributed by atoms with Gasteiger partial charge >= 0.3 is 6.09 Å². The molecule has 1 amide bonds. The number of pyridine rings is 1. The van der Waals surface area contributed by atoms with E-state index in [4.69, 9.17) is 13.9 Å². The molecule has 3 aromatic heterocycles. The first kappa shape index (κ1) is 18.2. The second-order valence-corrected chi connectivity index (χ2v) is 7.03. The SMILES string of the molecule is CCOC(=O)N(CC)Cc1cc2cc(Oc3nc4ncccc4s3)ccc2o1. The minimum absolute atomic E-state index is 0.345. The van der Waals surface area contributed by atoms with E-state index in [9.17, 15) is 4.79 Å². The number of amides is 1. The van der Waals surface area contributed by atoms with Crippen LogP contribution in [0.5, 0.6) is 10.9 Å². The van der Waals surface area contributed by atoms with Gasteiger partial charge in [0.25, 0.3) is 5.19 Å². The van der Waals surface area contributed by atoms with Gasteiger partial charge in [-0.1, -0.05) is 11.3 Å². The summed E-state index contributed by atoms with van der Waals surface area (Å²) in [5.74, 6) is 1.35. The molecule has 3 heterocycles. The zero-order chi connectivity index (χ0) is 19.5. The fourth-order valence-corrected chi connectivity index (χ4v) is 3.61. The predicted octanol–water partition coefficient (Wildman–Crippen LogP) is 5.21. The molecule has 1 aromatic carbocycles. The van der Waals surface area contributed by atoms with Gasteiger partial charge in [-0.3, -0.25) is 0 Å². The molecular formula is C20H19N3O4S. The minimum Gasteiger partial charge on any atom is -0.459 e. The average molecular weight is 397 g/mol. The number of ether oxygens (including phenoxy) is 2. The van der Waals surface area contributed by atoms with E-state index in [0.29, 0.717) is 42.0 Å². The van der Waals surface area contributed by atoms with Gasteiger partial charge in [0, 0.05) is 18.1 Å². The summed E-state index contributed by atoms with van der Waals surface area (Å²) in [6, 6.07) is 11.3. The maximum atomic E-state index is 12.0. The van der Waals surface area contributed by atoms with E-state index in [1.807, 2.05) is 43.3 Å². The average Bonchev–Trinajstić information content (AvgIpc) is 3.28. The molecule has 0 aliphatic rings. The summed E-state index contributed by atoms with van der Waals surface area (Å²) in [7, 11) is 0. The molecule has 8 heteroatoms. The van der Waals surface area contributed by atoms with Gasteiger partial charge < -0.3 is 18.8 Å². The van der Waals surface area contributed by atoms with Crippen LogP contribution in [0.3, 0.4) is 0 Å². The topological polar surface area (TPSA) is 77.7 Å². The van der Waals surface area contributed by atoms with Crippen molar-refractivity contribution in [2.24, 2.45) is 0 Å². The van der Waals surface area contributed by atoms with Crippen molar-refractivity contribution in [3.63, 3.8) is 0 Å². The van der Waals surface area contributed by atoms with Crippen molar-refractivity contribution in [3.8, 4) is 10.9 Å². The van der Waals surface area contributed by atoms with Crippen molar-refractivity contribution in [2.45, 2.75) is 20.4 Å². The van der Waals surface area contributed by atoms with E-state index >= 15 is 0 Å². The van der Waals surface area contributed by atoms with E-state index in [0.717, 1.165) is 15.7 Å². The number of aromatic nitrogens is 2. The normalized spacial score (nSPS) is 11.1. The van der Waals surface area contributed by atoms with Gasteiger partial charge in [0.2, 0.25) is 0 Å². The molecule has 144 valence electrons. The highest BCUT2D eigenvalue weighted by Crippen LogP contribution is 2.32. The van der Waals surface area contributed by atoms with E-state index in [1.165, 1.54) is 11.3 Å². The zero-order valence-corrected chi connectivity index (χ0v) is 16.4. The highest BCUT2D eigenvalue weighted by molar-refractivity contribution is 7.20. The Kier molecular flexibility index (Phi) is 5.12. The van der Waals surface area contributed by atoms with Crippen molar-refractivity contribution in [1.29, 1.82) is 0 Å². The summed E-state index contributed by atoms with van der Waals surface area (Å²) in [4.78, 5) is 22.2. The van der Waals surface area contributed by atoms with E-state index in [1.54, 1.807) is 18.0 Å². The molecule has 0 radical (unpaired) electrons. The molecule has 0 N–H and O–H groups in total. The molecule has 0 atom stereocenters. The van der Waals surface area contributed by atoms with Crippen LogP contribution in [0.15, 0.2) is 47.0 Å². The van der Waals surface area contributed by atoms with Gasteiger partial charge in [-0.2, -0.15) is 4.98 Å². The number of fused-ring (bicyclic) bond motifs is 2. The van der Waals surface area contributed by atoms with Crippen LogP contribution in [0.25, 0.3) is 21.3 Å². The first-order chi connectivity index (χ1) is 13.7. The number of nitrogens with zero attached hydrogens (tertiary/aromatic N) is 3. The predicted molar refractivity (Wildman–Crippen MR) is 107 cm³/mol. The lowest BCUT2D eigenvalue weighted by molar-refractivity contribution is 0.104. The monoisotopic (exact) mass is 397 g/mol. The molecule has 28 heavy (non-hydrogen) atoms. The second-order valence-electron chi connectivity index (χ2n) is 6.03. The Balaban J connectivity index is 1.53. The minimum atomic E-state index is -0.348. The van der Waals surface area contributed by atoms with Crippen molar-refractivity contribution >= 4 is 38.7 Å². The number of benzene rings is 1. The summed E-state index contributed by atoms with van der Waals surface area (Å²) < 4.78 is 17.8. The third-order valence-corrected chi connectivity index (χ3v) is 5.03. The zero-order valence-electron chi connectivity index (χ0n) is 15.5. The lowest BCUT2D eigenvalue weighted by Gasteiger charge is -2.18. The molecule has 0 bridgehead atoms. The third kappa shape index (κ3) is 3.77. The number of thiazole rings is 1.